The summed E-state index contributed by atoms with van der Waals surface area (Å²) >= 11 is 6.25. The Balaban J connectivity index is 2.25. The second-order valence-corrected chi connectivity index (χ2v) is 4.83. The third-order valence-electron chi connectivity index (χ3n) is 2.87. The Hall–Kier alpha value is 0.250. The van der Waals surface area contributed by atoms with Gasteiger partial charge in [-0.2, -0.15) is 0 Å². The van der Waals surface area contributed by atoms with Crippen LogP contribution in [-0.4, -0.2) is 18.6 Å². The largest absolute Gasteiger partial charge is 0.381 e. The first kappa shape index (κ1) is 11.3. The van der Waals surface area contributed by atoms with Gasteiger partial charge in [-0.05, 0) is 24.7 Å². The Morgan fingerprint density at radius 2 is 2.31 bits per heavy atom. The van der Waals surface area contributed by atoms with Crippen molar-refractivity contribution in [2.24, 2.45) is 11.8 Å². The second kappa shape index (κ2) is 5.87. The molecule has 0 aromatic heterocycles. The number of rotatable bonds is 4. The number of ether oxygens (including phenoxy) is 1. The van der Waals surface area contributed by atoms with E-state index in [0.29, 0.717) is 11.3 Å². The Morgan fingerprint density at radius 3 is 2.92 bits per heavy atom. The van der Waals surface area contributed by atoms with E-state index in [0.717, 1.165) is 25.6 Å². The van der Waals surface area contributed by atoms with Crippen molar-refractivity contribution < 1.29 is 4.74 Å². The molecule has 2 heteroatoms. The average molecular weight is 205 g/mol. The minimum Gasteiger partial charge on any atom is -0.381 e. The monoisotopic (exact) mass is 204 g/mol. The number of alkyl halides is 1. The molecule has 1 aliphatic heterocycles. The molecule has 78 valence electrons. The van der Waals surface area contributed by atoms with Crippen LogP contribution in [0.3, 0.4) is 0 Å². The molecule has 1 aliphatic rings. The highest BCUT2D eigenvalue weighted by atomic mass is 35.5. The summed E-state index contributed by atoms with van der Waals surface area (Å²) < 4.78 is 5.45. The lowest BCUT2D eigenvalue weighted by molar-refractivity contribution is 0.0484. The number of halogens is 1. The summed E-state index contributed by atoms with van der Waals surface area (Å²) in [6.07, 6.45) is 4.87. The van der Waals surface area contributed by atoms with E-state index in [1.54, 1.807) is 0 Å². The zero-order chi connectivity index (χ0) is 9.68. The molecular weight excluding hydrogens is 184 g/mol. The molecule has 1 rings (SSSR count). The lowest BCUT2D eigenvalue weighted by Crippen LogP contribution is -2.29. The molecule has 0 amide bonds. The molecule has 0 aromatic carbocycles. The van der Waals surface area contributed by atoms with Crippen molar-refractivity contribution in [1.82, 2.24) is 0 Å². The van der Waals surface area contributed by atoms with Crippen LogP contribution in [0.4, 0.5) is 0 Å². The van der Waals surface area contributed by atoms with Crippen LogP contribution in [0, 0.1) is 11.8 Å². The van der Waals surface area contributed by atoms with Gasteiger partial charge in [-0.15, -0.1) is 11.6 Å². The maximum atomic E-state index is 6.25. The number of hydrogen-bond donors (Lipinski definition) is 0. The van der Waals surface area contributed by atoms with Gasteiger partial charge in [-0.25, -0.2) is 0 Å². The van der Waals surface area contributed by atoms with E-state index in [1.807, 2.05) is 0 Å². The highest BCUT2D eigenvalue weighted by Gasteiger charge is 2.24. The molecule has 3 atom stereocenters. The topological polar surface area (TPSA) is 9.23 Å². The average Bonchev–Trinajstić information content (AvgIpc) is 2.09. The fourth-order valence-corrected chi connectivity index (χ4v) is 2.38. The minimum absolute atomic E-state index is 0.355. The van der Waals surface area contributed by atoms with E-state index >= 15 is 0 Å². The van der Waals surface area contributed by atoms with Crippen molar-refractivity contribution in [1.29, 1.82) is 0 Å². The van der Waals surface area contributed by atoms with E-state index in [4.69, 9.17) is 16.3 Å². The van der Waals surface area contributed by atoms with Gasteiger partial charge in [0.1, 0.15) is 0 Å². The first-order valence-electron chi connectivity index (χ1n) is 5.45. The maximum Gasteiger partial charge on any atom is 0.0508 e. The van der Waals surface area contributed by atoms with Crippen LogP contribution >= 0.6 is 11.6 Å². The van der Waals surface area contributed by atoms with E-state index in [9.17, 15) is 0 Å². The predicted molar refractivity (Wildman–Crippen MR) is 57.3 cm³/mol. The predicted octanol–water partition coefficient (Wildman–Crippen LogP) is 3.46. The van der Waals surface area contributed by atoms with Crippen molar-refractivity contribution in [2.45, 2.75) is 44.9 Å². The summed E-state index contributed by atoms with van der Waals surface area (Å²) in [6, 6.07) is 0. The van der Waals surface area contributed by atoms with Crippen LogP contribution in [-0.2, 0) is 4.74 Å². The standard InChI is InChI=1S/C11H21ClO/c1-3-4-9(2)7-10-8-13-6-5-11(10)12/h9-11H,3-8H2,1-2H3. The Bertz CT molecular complexity index is 138. The van der Waals surface area contributed by atoms with Gasteiger partial charge < -0.3 is 4.74 Å². The van der Waals surface area contributed by atoms with Crippen molar-refractivity contribution in [3.05, 3.63) is 0 Å². The van der Waals surface area contributed by atoms with Gasteiger partial charge >= 0.3 is 0 Å². The third-order valence-corrected chi connectivity index (χ3v) is 3.44. The highest BCUT2D eigenvalue weighted by molar-refractivity contribution is 6.20. The van der Waals surface area contributed by atoms with Gasteiger partial charge in [0, 0.05) is 12.0 Å². The molecule has 0 spiro atoms. The summed E-state index contributed by atoms with van der Waals surface area (Å²) in [7, 11) is 0. The quantitative estimate of drug-likeness (QED) is 0.638. The lowest BCUT2D eigenvalue weighted by atomic mass is 9.89. The van der Waals surface area contributed by atoms with E-state index < -0.39 is 0 Å². The van der Waals surface area contributed by atoms with Crippen molar-refractivity contribution in [3.63, 3.8) is 0 Å². The molecule has 0 aromatic rings. The van der Waals surface area contributed by atoms with Crippen LogP contribution in [0.1, 0.15) is 39.5 Å². The van der Waals surface area contributed by atoms with E-state index in [-0.39, 0.29) is 0 Å². The van der Waals surface area contributed by atoms with Gasteiger partial charge in [0.15, 0.2) is 0 Å². The first-order valence-corrected chi connectivity index (χ1v) is 5.89. The van der Waals surface area contributed by atoms with Crippen molar-refractivity contribution in [2.75, 3.05) is 13.2 Å². The SMILES string of the molecule is CCCC(C)CC1COCCC1Cl. The fourth-order valence-electron chi connectivity index (χ4n) is 2.11. The fraction of sp³-hybridized carbons (Fsp3) is 1.00. The molecule has 1 fully saturated rings. The molecule has 0 radical (unpaired) electrons. The Kier molecular flexibility index (Phi) is 5.12. The van der Waals surface area contributed by atoms with Gasteiger partial charge in [-0.1, -0.05) is 26.7 Å². The van der Waals surface area contributed by atoms with Crippen molar-refractivity contribution in [3.8, 4) is 0 Å². The van der Waals surface area contributed by atoms with Crippen LogP contribution in [0.2, 0.25) is 0 Å². The maximum absolute atomic E-state index is 6.25. The van der Waals surface area contributed by atoms with E-state index in [2.05, 4.69) is 13.8 Å². The van der Waals surface area contributed by atoms with Crippen LogP contribution in [0.25, 0.3) is 0 Å². The molecule has 1 nitrogen and oxygen atoms in total. The summed E-state index contributed by atoms with van der Waals surface area (Å²) in [5, 5.41) is 0.355. The van der Waals surface area contributed by atoms with Crippen LogP contribution in [0.15, 0.2) is 0 Å². The molecule has 1 saturated heterocycles. The third kappa shape index (κ3) is 3.86. The summed E-state index contributed by atoms with van der Waals surface area (Å²) in [5.41, 5.74) is 0. The van der Waals surface area contributed by atoms with Gasteiger partial charge in [-0.3, -0.25) is 0 Å². The summed E-state index contributed by atoms with van der Waals surface area (Å²) in [5.74, 6) is 1.40. The minimum atomic E-state index is 0.355. The summed E-state index contributed by atoms with van der Waals surface area (Å²) in [4.78, 5) is 0. The highest BCUT2D eigenvalue weighted by Crippen LogP contribution is 2.27. The molecule has 0 bridgehead atoms. The molecular formula is C11H21ClO. The second-order valence-electron chi connectivity index (χ2n) is 4.27. The molecule has 13 heavy (non-hydrogen) atoms. The molecule has 0 saturated carbocycles. The van der Waals surface area contributed by atoms with Crippen molar-refractivity contribution >= 4 is 11.6 Å². The molecule has 0 aliphatic carbocycles. The van der Waals surface area contributed by atoms with Crippen LogP contribution in [0.5, 0.6) is 0 Å². The number of hydrogen-bond acceptors (Lipinski definition) is 1. The van der Waals surface area contributed by atoms with Crippen LogP contribution < -0.4 is 0 Å². The Morgan fingerprint density at radius 1 is 1.54 bits per heavy atom. The summed E-state index contributed by atoms with van der Waals surface area (Å²) in [6.45, 7) is 6.29. The Labute approximate surface area is 86.8 Å². The normalized spacial score (nSPS) is 31.6. The van der Waals surface area contributed by atoms with E-state index in [1.165, 1.54) is 19.3 Å². The smallest absolute Gasteiger partial charge is 0.0508 e. The zero-order valence-corrected chi connectivity index (χ0v) is 9.52. The van der Waals surface area contributed by atoms with Gasteiger partial charge in [0.25, 0.3) is 0 Å². The lowest BCUT2D eigenvalue weighted by Gasteiger charge is -2.29. The molecule has 3 unspecified atom stereocenters. The first-order chi connectivity index (χ1) is 6.24. The van der Waals surface area contributed by atoms with Gasteiger partial charge in [0.05, 0.1) is 6.61 Å². The molecule has 1 heterocycles. The molecule has 0 N–H and O–H groups in total. The van der Waals surface area contributed by atoms with Gasteiger partial charge in [0.2, 0.25) is 0 Å². The zero-order valence-electron chi connectivity index (χ0n) is 8.76.